The number of alkyl halides is 1. The summed E-state index contributed by atoms with van der Waals surface area (Å²) in [5.41, 5.74) is -0.684. The lowest BCUT2D eigenvalue weighted by Gasteiger charge is -2.30. The zero-order chi connectivity index (χ0) is 29.9. The van der Waals surface area contributed by atoms with E-state index in [0.29, 0.717) is 18.4 Å². The van der Waals surface area contributed by atoms with Gasteiger partial charge in [0.2, 0.25) is 0 Å². The molecule has 43 heavy (non-hydrogen) atoms. The van der Waals surface area contributed by atoms with Crippen LogP contribution in [0.15, 0.2) is 48.9 Å². The van der Waals surface area contributed by atoms with Crippen molar-refractivity contribution in [1.29, 1.82) is 0 Å². The minimum Gasteiger partial charge on any atom is -0.508 e. The van der Waals surface area contributed by atoms with Crippen LogP contribution in [-0.4, -0.2) is 61.3 Å². The highest BCUT2D eigenvalue weighted by molar-refractivity contribution is 6.03. The molecule has 2 fully saturated rings. The molecule has 0 radical (unpaired) electrons. The molecule has 7 nitrogen and oxygen atoms in total. The average Bonchev–Trinajstić information content (AvgIpc) is 3.51. The standard InChI is InChI=1S/C32H23F4N5O2/c1-2-22-25(35)5-4-17-9-21(42)10-23(26(17)22)29-27(36)30-24(14-38-29)28(18-8-19(33)13-37-12-18)39-31(40-30)43-16-32-6-3-7-41(32)15-20(34)11-32/h1,4-5,8-10,12-14,20,42H,3,6-7,11,15-16H2/t20-,32+/m1/s1. The first kappa shape index (κ1) is 27.0. The predicted octanol–water partition coefficient (Wildman–Crippen LogP) is 5.97. The highest BCUT2D eigenvalue weighted by atomic mass is 19.1. The first-order valence-electron chi connectivity index (χ1n) is 13.7. The number of hydrogen-bond acceptors (Lipinski definition) is 7. The second kappa shape index (κ2) is 10.2. The minimum absolute atomic E-state index is 0.0531. The van der Waals surface area contributed by atoms with Crippen LogP contribution in [0.5, 0.6) is 11.8 Å². The predicted molar refractivity (Wildman–Crippen MR) is 152 cm³/mol. The summed E-state index contributed by atoms with van der Waals surface area (Å²) in [7, 11) is 0. The van der Waals surface area contributed by atoms with Crippen LogP contribution in [0.3, 0.4) is 0 Å². The SMILES string of the molecule is C#Cc1c(F)ccc2cc(O)cc(-c3ncc4c(-c5cncc(F)c5)nc(OC[C@@]56CCCN5C[C@H](F)C6)nc4c3F)c12. The topological polar surface area (TPSA) is 84.3 Å². The number of terminal acetylenes is 1. The third-order valence-electron chi connectivity index (χ3n) is 8.32. The molecule has 216 valence electrons. The van der Waals surface area contributed by atoms with Crippen LogP contribution < -0.4 is 4.74 Å². The summed E-state index contributed by atoms with van der Waals surface area (Å²) in [4.78, 5) is 19.1. The van der Waals surface area contributed by atoms with Gasteiger partial charge in [-0.2, -0.15) is 9.97 Å². The number of benzene rings is 2. The molecule has 5 aromatic rings. The Labute approximate surface area is 243 Å². The van der Waals surface area contributed by atoms with Crippen LogP contribution in [-0.2, 0) is 0 Å². The highest BCUT2D eigenvalue weighted by Gasteiger charge is 2.49. The Balaban J connectivity index is 1.42. The van der Waals surface area contributed by atoms with Gasteiger partial charge in [0.15, 0.2) is 5.82 Å². The van der Waals surface area contributed by atoms with E-state index in [1.165, 1.54) is 42.7 Å². The lowest BCUT2D eigenvalue weighted by molar-refractivity contribution is 0.107. The van der Waals surface area contributed by atoms with Gasteiger partial charge in [-0.15, -0.1) is 6.42 Å². The van der Waals surface area contributed by atoms with Crippen LogP contribution >= 0.6 is 0 Å². The lowest BCUT2D eigenvalue weighted by atomic mass is 9.95. The van der Waals surface area contributed by atoms with E-state index in [1.54, 1.807) is 0 Å². The molecule has 2 saturated heterocycles. The molecule has 0 saturated carbocycles. The van der Waals surface area contributed by atoms with Gasteiger partial charge in [0.25, 0.3) is 0 Å². The zero-order valence-corrected chi connectivity index (χ0v) is 22.6. The van der Waals surface area contributed by atoms with Gasteiger partial charge in [-0.05, 0) is 49.0 Å². The number of fused-ring (bicyclic) bond motifs is 3. The van der Waals surface area contributed by atoms with E-state index in [4.69, 9.17) is 11.2 Å². The van der Waals surface area contributed by atoms with E-state index < -0.39 is 29.2 Å². The molecule has 0 spiro atoms. The summed E-state index contributed by atoms with van der Waals surface area (Å²) in [5.74, 6) is -0.139. The Hall–Kier alpha value is -4.82. The minimum atomic E-state index is -0.976. The maximum atomic E-state index is 16.5. The molecule has 3 aromatic heterocycles. The maximum absolute atomic E-state index is 16.5. The van der Waals surface area contributed by atoms with Crippen LogP contribution in [0.25, 0.3) is 44.2 Å². The van der Waals surface area contributed by atoms with Gasteiger partial charge in [-0.3, -0.25) is 14.9 Å². The van der Waals surface area contributed by atoms with Crippen LogP contribution in [0.4, 0.5) is 17.6 Å². The number of halogens is 4. The monoisotopic (exact) mass is 585 g/mol. The summed E-state index contributed by atoms with van der Waals surface area (Å²) in [5, 5.41) is 11.1. The van der Waals surface area contributed by atoms with Gasteiger partial charge in [0.05, 0.1) is 23.0 Å². The first-order valence-corrected chi connectivity index (χ1v) is 13.7. The molecular formula is C32H23F4N5O2. The van der Waals surface area contributed by atoms with Crippen molar-refractivity contribution in [2.45, 2.75) is 31.0 Å². The Bertz CT molecular complexity index is 1980. The maximum Gasteiger partial charge on any atom is 0.317 e. The van der Waals surface area contributed by atoms with Crippen molar-refractivity contribution in [2.75, 3.05) is 19.7 Å². The van der Waals surface area contributed by atoms with Gasteiger partial charge < -0.3 is 9.84 Å². The quantitative estimate of drug-likeness (QED) is 0.201. The Morgan fingerprint density at radius 3 is 2.77 bits per heavy atom. The third-order valence-corrected chi connectivity index (χ3v) is 8.32. The first-order chi connectivity index (χ1) is 20.8. The van der Waals surface area contributed by atoms with E-state index in [0.717, 1.165) is 25.6 Å². The van der Waals surface area contributed by atoms with E-state index >= 15 is 4.39 Å². The number of rotatable bonds is 5. The molecule has 0 bridgehead atoms. The van der Waals surface area contributed by atoms with Crippen molar-refractivity contribution in [3.63, 3.8) is 0 Å². The highest BCUT2D eigenvalue weighted by Crippen LogP contribution is 2.41. The van der Waals surface area contributed by atoms with E-state index in [1.807, 2.05) is 0 Å². The van der Waals surface area contributed by atoms with E-state index in [2.05, 4.69) is 30.8 Å². The van der Waals surface area contributed by atoms with Crippen molar-refractivity contribution in [3.8, 4) is 46.6 Å². The molecule has 2 aliphatic heterocycles. The number of aromatic hydroxyl groups is 1. The number of phenolic OH excluding ortho intramolecular Hbond substituents is 1. The number of hydrogen-bond donors (Lipinski definition) is 1. The molecule has 0 unspecified atom stereocenters. The van der Waals surface area contributed by atoms with Crippen molar-refractivity contribution >= 4 is 21.7 Å². The van der Waals surface area contributed by atoms with Crippen LogP contribution in [0.2, 0.25) is 0 Å². The van der Waals surface area contributed by atoms with Crippen LogP contribution in [0.1, 0.15) is 24.8 Å². The molecule has 2 atom stereocenters. The number of ether oxygens (including phenoxy) is 1. The summed E-state index contributed by atoms with van der Waals surface area (Å²) >= 11 is 0. The van der Waals surface area contributed by atoms with Gasteiger partial charge in [-0.25, -0.2) is 17.6 Å². The van der Waals surface area contributed by atoms with Gasteiger partial charge in [0.1, 0.15) is 41.4 Å². The van der Waals surface area contributed by atoms with E-state index in [-0.39, 0.29) is 62.7 Å². The Morgan fingerprint density at radius 1 is 1.09 bits per heavy atom. The van der Waals surface area contributed by atoms with Crippen molar-refractivity contribution in [1.82, 2.24) is 24.8 Å². The normalized spacial score (nSPS) is 20.0. The summed E-state index contributed by atoms with van der Waals surface area (Å²) in [6.07, 6.45) is 10.3. The molecule has 2 aromatic carbocycles. The van der Waals surface area contributed by atoms with Gasteiger partial charge in [-0.1, -0.05) is 12.0 Å². The summed E-state index contributed by atoms with van der Waals surface area (Å²) in [6, 6.07) is 6.23. The Kier molecular flexibility index (Phi) is 6.39. The van der Waals surface area contributed by atoms with Gasteiger partial charge >= 0.3 is 6.01 Å². The smallest absolute Gasteiger partial charge is 0.317 e. The second-order valence-corrected chi connectivity index (χ2v) is 11.0. The van der Waals surface area contributed by atoms with E-state index in [9.17, 15) is 18.3 Å². The molecule has 0 amide bonds. The average molecular weight is 586 g/mol. The number of pyridine rings is 2. The fourth-order valence-corrected chi connectivity index (χ4v) is 6.45. The number of phenols is 1. The van der Waals surface area contributed by atoms with Crippen molar-refractivity contribution in [3.05, 3.63) is 71.9 Å². The number of aromatic nitrogens is 4. The molecular weight excluding hydrogens is 562 g/mol. The Morgan fingerprint density at radius 2 is 1.95 bits per heavy atom. The number of nitrogens with zero attached hydrogens (tertiary/aromatic N) is 5. The fourth-order valence-electron chi connectivity index (χ4n) is 6.45. The molecule has 2 aliphatic rings. The molecule has 7 rings (SSSR count). The van der Waals surface area contributed by atoms with Crippen LogP contribution in [0, 0.1) is 29.8 Å². The fraction of sp³-hybridized carbons (Fsp3) is 0.250. The molecule has 0 aliphatic carbocycles. The lowest BCUT2D eigenvalue weighted by Crippen LogP contribution is -2.43. The molecule has 1 N–H and O–H groups in total. The zero-order valence-electron chi connectivity index (χ0n) is 22.6. The summed E-state index contributed by atoms with van der Waals surface area (Å²) < 4.78 is 65.8. The van der Waals surface area contributed by atoms with Gasteiger partial charge in [0, 0.05) is 47.3 Å². The molecule has 5 heterocycles. The van der Waals surface area contributed by atoms with Crippen molar-refractivity contribution in [2.24, 2.45) is 0 Å². The van der Waals surface area contributed by atoms with Crippen molar-refractivity contribution < 1.29 is 27.4 Å². The second-order valence-electron chi connectivity index (χ2n) is 11.0. The summed E-state index contributed by atoms with van der Waals surface area (Å²) in [6.45, 7) is 1.16. The third kappa shape index (κ3) is 4.49. The largest absolute Gasteiger partial charge is 0.508 e. The molecule has 11 heteroatoms.